The molecule has 0 saturated carbocycles. The van der Waals surface area contributed by atoms with E-state index < -0.39 is 5.24 Å². The van der Waals surface area contributed by atoms with Crippen molar-refractivity contribution in [3.8, 4) is 39.1 Å². The summed E-state index contributed by atoms with van der Waals surface area (Å²) in [5, 5.41) is 10.1. The second-order valence-corrected chi connectivity index (χ2v) is 12.9. The van der Waals surface area contributed by atoms with Crippen LogP contribution in [0.3, 0.4) is 0 Å². The minimum Gasteiger partial charge on any atom is -0.496 e. The van der Waals surface area contributed by atoms with E-state index in [1.165, 1.54) is 30.6 Å². The number of carbonyl (C=O) groups is 1. The van der Waals surface area contributed by atoms with Crippen LogP contribution >= 0.6 is 58.7 Å². The normalized spacial score (nSPS) is 9.90. The summed E-state index contributed by atoms with van der Waals surface area (Å²) in [6, 6.07) is 29.6. The van der Waals surface area contributed by atoms with Crippen molar-refractivity contribution in [2.24, 2.45) is 5.73 Å². The number of benzene rings is 4. The number of aromatic nitrogens is 1. The molecule has 0 spiro atoms. The van der Waals surface area contributed by atoms with E-state index in [1.807, 2.05) is 85.3 Å². The summed E-state index contributed by atoms with van der Waals surface area (Å²) in [5.74, 6) is 2.25. The van der Waals surface area contributed by atoms with Crippen LogP contribution in [0.4, 0.5) is 0 Å². The molecule has 0 unspecified atom stereocenters. The van der Waals surface area contributed by atoms with Gasteiger partial charge in [-0.1, -0.05) is 96.4 Å². The van der Waals surface area contributed by atoms with Gasteiger partial charge in [-0.25, -0.2) is 9.78 Å². The molecule has 0 radical (unpaired) electrons. The van der Waals surface area contributed by atoms with Gasteiger partial charge in [-0.3, -0.25) is 9.59 Å². The van der Waals surface area contributed by atoms with E-state index in [9.17, 15) is 19.5 Å². The molecular weight excluding hydrogens is 720 g/mol. The van der Waals surface area contributed by atoms with Crippen molar-refractivity contribution in [1.82, 2.24) is 4.98 Å². The van der Waals surface area contributed by atoms with E-state index in [-0.39, 0.29) is 21.8 Å². The van der Waals surface area contributed by atoms with Gasteiger partial charge < -0.3 is 20.3 Å². The second-order valence-electron chi connectivity index (χ2n) is 9.43. The number of nitrogens with two attached hydrogens (primary N) is 1. The maximum atomic E-state index is 12.7. The van der Waals surface area contributed by atoms with E-state index in [2.05, 4.69) is 4.98 Å². The summed E-state index contributed by atoms with van der Waals surface area (Å²) in [4.78, 5) is 40.9. The molecule has 5 rings (SSSR count). The highest BCUT2D eigenvalue weighted by Gasteiger charge is 2.21. The van der Waals surface area contributed by atoms with Crippen LogP contribution in [0.25, 0.3) is 27.3 Å². The Kier molecular flexibility index (Phi) is 15.6. The van der Waals surface area contributed by atoms with Crippen molar-refractivity contribution in [3.05, 3.63) is 118 Å². The monoisotopic (exact) mass is 750 g/mol. The fourth-order valence-corrected chi connectivity index (χ4v) is 6.68. The summed E-state index contributed by atoms with van der Waals surface area (Å²) in [7, 11) is 3.00. The number of carbonyl (C=O) groups excluding carboxylic acids is 2. The SMILES string of the molecule is COc1cccc(SC)c1-c1c(O)nc(-c2ccccc2)sc1=O.COc1cccc(SC)c1C(=C=O)C(=O)Cl.NC(=S)c1ccccc1. The largest absolute Gasteiger partial charge is 0.496 e. The minimum atomic E-state index is -0.838. The third-order valence-electron chi connectivity index (χ3n) is 6.56. The number of ether oxygens (including phenoxy) is 2. The van der Waals surface area contributed by atoms with Gasteiger partial charge in [0, 0.05) is 26.5 Å². The van der Waals surface area contributed by atoms with Crippen LogP contribution < -0.4 is 19.9 Å². The molecule has 0 atom stereocenters. The summed E-state index contributed by atoms with van der Waals surface area (Å²) in [6.07, 6.45) is 3.74. The third kappa shape index (κ3) is 10.3. The summed E-state index contributed by atoms with van der Waals surface area (Å²) in [6.45, 7) is 0. The molecule has 0 aliphatic carbocycles. The smallest absolute Gasteiger partial charge is 0.264 e. The van der Waals surface area contributed by atoms with Crippen LogP contribution in [0.1, 0.15) is 11.1 Å². The van der Waals surface area contributed by atoms with Crippen LogP contribution in [0, 0.1) is 0 Å². The molecule has 252 valence electrons. The van der Waals surface area contributed by atoms with Crippen molar-refractivity contribution in [2.45, 2.75) is 9.79 Å². The number of thiocarbonyl (C=S) groups is 1. The third-order valence-corrected chi connectivity index (χ3v) is 9.45. The van der Waals surface area contributed by atoms with Crippen molar-refractivity contribution < 1.29 is 24.2 Å². The van der Waals surface area contributed by atoms with E-state index in [0.29, 0.717) is 32.6 Å². The standard InChI is InChI=1S/C18H15NO3S2.C11H9ClO3S.C7H7NS/c1-22-12-9-6-10-13(23-2)14(12)15-16(20)19-17(24-18(15)21)11-7-4-3-5-8-11;1-15-8-4-3-5-9(16-2)10(8)7(6-13)11(12)14;8-7(9)6-4-2-1-3-5-6/h3-10,20H,1-2H3;3-5H,1-2H3;1-5H,(H2,8,9). The second kappa shape index (κ2) is 19.5. The molecule has 4 aromatic carbocycles. The number of halogens is 1. The number of hydrogen-bond donors (Lipinski definition) is 2. The first-order valence-electron chi connectivity index (χ1n) is 14.1. The Morgan fingerprint density at radius 1 is 0.857 bits per heavy atom. The van der Waals surface area contributed by atoms with Gasteiger partial charge in [0.05, 0.1) is 19.8 Å². The maximum absolute atomic E-state index is 12.7. The lowest BCUT2D eigenvalue weighted by Gasteiger charge is -2.13. The zero-order valence-corrected chi connectivity index (χ0v) is 30.8. The van der Waals surface area contributed by atoms with Gasteiger partial charge in [0.2, 0.25) is 10.6 Å². The molecule has 0 saturated heterocycles. The van der Waals surface area contributed by atoms with Gasteiger partial charge in [0.25, 0.3) is 5.24 Å². The highest BCUT2D eigenvalue weighted by molar-refractivity contribution is 7.99. The van der Waals surface area contributed by atoms with E-state index >= 15 is 0 Å². The van der Waals surface area contributed by atoms with E-state index in [1.54, 1.807) is 37.3 Å². The number of allylic oxidation sites excluding steroid dienone is 1. The molecule has 0 aliphatic rings. The van der Waals surface area contributed by atoms with Gasteiger partial charge >= 0.3 is 0 Å². The first-order chi connectivity index (χ1) is 23.6. The van der Waals surface area contributed by atoms with E-state index in [4.69, 9.17) is 39.0 Å². The fourth-order valence-electron chi connectivity index (χ4n) is 4.31. The Bertz CT molecular complexity index is 1970. The average Bonchev–Trinajstić information content (AvgIpc) is 3.12. The lowest BCUT2D eigenvalue weighted by atomic mass is 10.1. The Labute approximate surface area is 307 Å². The summed E-state index contributed by atoms with van der Waals surface area (Å²) >= 11 is 14.0. The van der Waals surface area contributed by atoms with Crippen molar-refractivity contribution in [2.75, 3.05) is 26.7 Å². The van der Waals surface area contributed by atoms with E-state index in [0.717, 1.165) is 32.3 Å². The summed E-state index contributed by atoms with van der Waals surface area (Å²) < 4.78 is 10.2. The fraction of sp³-hybridized carbons (Fsp3) is 0.111. The van der Waals surface area contributed by atoms with Crippen LogP contribution in [0.15, 0.2) is 112 Å². The predicted octanol–water partition coefficient (Wildman–Crippen LogP) is 7.99. The quantitative estimate of drug-likeness (QED) is 0.0500. The first-order valence-corrected chi connectivity index (χ1v) is 18.2. The number of aromatic hydroxyl groups is 1. The molecule has 3 N–H and O–H groups in total. The van der Waals surface area contributed by atoms with Gasteiger partial charge in [-0.15, -0.1) is 23.5 Å². The highest BCUT2D eigenvalue weighted by atomic mass is 35.5. The zero-order valence-electron chi connectivity index (χ0n) is 26.8. The molecule has 1 heterocycles. The van der Waals surface area contributed by atoms with Gasteiger partial charge in [0.1, 0.15) is 38.6 Å². The van der Waals surface area contributed by atoms with Crippen LogP contribution in [0.5, 0.6) is 17.4 Å². The number of hydrogen-bond acceptors (Lipinski definition) is 11. The predicted molar refractivity (Wildman–Crippen MR) is 206 cm³/mol. The molecule has 0 fully saturated rings. The van der Waals surface area contributed by atoms with Crippen molar-refractivity contribution in [1.29, 1.82) is 0 Å². The topological polar surface area (TPSA) is 129 Å². The lowest BCUT2D eigenvalue weighted by Crippen LogP contribution is -2.08. The number of thioether (sulfide) groups is 2. The number of methoxy groups -OCH3 is 2. The van der Waals surface area contributed by atoms with Crippen LogP contribution in [-0.2, 0) is 9.59 Å². The number of rotatable bonds is 9. The number of nitrogens with zero attached hydrogens (tertiary/aromatic N) is 1. The molecule has 13 heteroatoms. The molecule has 0 bridgehead atoms. The molecule has 8 nitrogen and oxygen atoms in total. The molecular formula is C36H31ClN2O6S4. The molecule has 1 aromatic heterocycles. The maximum Gasteiger partial charge on any atom is 0.264 e. The average molecular weight is 751 g/mol. The lowest BCUT2D eigenvalue weighted by molar-refractivity contribution is -0.106. The van der Waals surface area contributed by atoms with Crippen molar-refractivity contribution >= 4 is 80.4 Å². The molecule has 0 amide bonds. The Morgan fingerprint density at radius 2 is 1.41 bits per heavy atom. The Morgan fingerprint density at radius 3 is 1.88 bits per heavy atom. The van der Waals surface area contributed by atoms with Crippen molar-refractivity contribution in [3.63, 3.8) is 0 Å². The van der Waals surface area contributed by atoms with Gasteiger partial charge in [0.15, 0.2) is 0 Å². The first kappa shape index (κ1) is 39.0. The minimum absolute atomic E-state index is 0.182. The Hall–Kier alpha value is -4.42. The molecule has 49 heavy (non-hydrogen) atoms. The Balaban J connectivity index is 0.000000223. The summed E-state index contributed by atoms with van der Waals surface area (Å²) in [5.41, 5.74) is 8.02. The molecule has 0 aliphatic heterocycles. The highest BCUT2D eigenvalue weighted by Crippen LogP contribution is 2.40. The molecule has 5 aromatic rings. The van der Waals surface area contributed by atoms with Crippen LogP contribution in [0.2, 0.25) is 0 Å². The van der Waals surface area contributed by atoms with Crippen LogP contribution in [-0.4, -0.2) is 53.0 Å². The van der Waals surface area contributed by atoms with Gasteiger partial charge in [-0.05, 0) is 48.4 Å². The van der Waals surface area contributed by atoms with Gasteiger partial charge in [-0.2, -0.15) is 0 Å². The zero-order chi connectivity index (χ0) is 35.9.